The minimum atomic E-state index is -0.754. The second-order valence-electron chi connectivity index (χ2n) is 5.02. The Morgan fingerprint density at radius 3 is 2.54 bits per heavy atom. The van der Waals surface area contributed by atoms with E-state index < -0.39 is 24.3 Å². The third kappa shape index (κ3) is 4.46. The maximum Gasteiger partial charge on any atom is 0.340 e. The van der Waals surface area contributed by atoms with E-state index in [2.05, 4.69) is 0 Å². The Labute approximate surface area is 148 Å². The first-order chi connectivity index (χ1) is 11.4. The molecule has 0 radical (unpaired) electrons. The Kier molecular flexibility index (Phi) is 6.17. The Bertz CT molecular complexity index is 767. The van der Waals surface area contributed by atoms with Crippen LogP contribution in [0.3, 0.4) is 0 Å². The first-order valence-corrected chi connectivity index (χ1v) is 7.74. The van der Waals surface area contributed by atoms with E-state index in [9.17, 15) is 14.0 Å². The summed E-state index contributed by atoms with van der Waals surface area (Å²) in [6.07, 6.45) is 0. The van der Waals surface area contributed by atoms with Crippen LogP contribution in [0.4, 0.5) is 4.39 Å². The molecule has 24 heavy (non-hydrogen) atoms. The van der Waals surface area contributed by atoms with Crippen LogP contribution in [0.25, 0.3) is 0 Å². The highest BCUT2D eigenvalue weighted by Crippen LogP contribution is 2.26. The van der Waals surface area contributed by atoms with E-state index in [-0.39, 0.29) is 22.2 Å². The van der Waals surface area contributed by atoms with E-state index in [1.165, 1.54) is 30.1 Å². The van der Waals surface area contributed by atoms with Crippen molar-refractivity contribution in [2.45, 2.75) is 6.54 Å². The molecule has 0 saturated heterocycles. The number of esters is 1. The van der Waals surface area contributed by atoms with Crippen LogP contribution >= 0.6 is 23.2 Å². The average Bonchev–Trinajstić information content (AvgIpc) is 2.56. The first-order valence-electron chi connectivity index (χ1n) is 6.98. The zero-order chi connectivity index (χ0) is 17.7. The summed E-state index contributed by atoms with van der Waals surface area (Å²) < 4.78 is 18.5. The van der Waals surface area contributed by atoms with Crippen LogP contribution in [0, 0.1) is 5.82 Å². The van der Waals surface area contributed by atoms with Crippen molar-refractivity contribution in [3.05, 3.63) is 69.5 Å². The number of halogens is 3. The maximum atomic E-state index is 13.6. The number of hydrogen-bond donors (Lipinski definition) is 0. The molecule has 0 fully saturated rings. The van der Waals surface area contributed by atoms with Gasteiger partial charge < -0.3 is 9.64 Å². The van der Waals surface area contributed by atoms with Gasteiger partial charge in [0.25, 0.3) is 5.91 Å². The molecule has 0 N–H and O–H groups in total. The molecule has 0 atom stereocenters. The fourth-order valence-electron chi connectivity index (χ4n) is 1.95. The number of likely N-dealkylation sites (N-methyl/N-ethyl adjacent to an activating group) is 1. The number of carbonyl (C=O) groups is 2. The van der Waals surface area contributed by atoms with Gasteiger partial charge in [0.15, 0.2) is 6.61 Å². The number of hydrogen-bond acceptors (Lipinski definition) is 3. The molecule has 0 saturated carbocycles. The molecule has 2 aromatic carbocycles. The zero-order valence-electron chi connectivity index (χ0n) is 12.8. The molecule has 2 aromatic rings. The van der Waals surface area contributed by atoms with Crippen molar-refractivity contribution in [3.8, 4) is 0 Å². The van der Waals surface area contributed by atoms with Crippen molar-refractivity contribution in [2.75, 3.05) is 13.7 Å². The minimum Gasteiger partial charge on any atom is -0.452 e. The van der Waals surface area contributed by atoms with Crippen molar-refractivity contribution >= 4 is 35.1 Å². The number of nitrogens with zero attached hydrogens (tertiary/aromatic N) is 1. The van der Waals surface area contributed by atoms with Crippen LogP contribution in [0.2, 0.25) is 10.0 Å². The molecule has 0 aliphatic heterocycles. The van der Waals surface area contributed by atoms with Crippen LogP contribution in [0.5, 0.6) is 0 Å². The second kappa shape index (κ2) is 8.13. The lowest BCUT2D eigenvalue weighted by molar-refractivity contribution is -0.133. The SMILES string of the molecule is CN(Cc1ccccc1F)C(=O)COC(=O)c1cccc(Cl)c1Cl. The lowest BCUT2D eigenvalue weighted by Gasteiger charge is -2.17. The minimum absolute atomic E-state index is 0.0660. The van der Waals surface area contributed by atoms with Crippen LogP contribution < -0.4 is 0 Å². The van der Waals surface area contributed by atoms with Gasteiger partial charge in [0.1, 0.15) is 5.82 Å². The van der Waals surface area contributed by atoms with Gasteiger partial charge in [-0.05, 0) is 18.2 Å². The van der Waals surface area contributed by atoms with E-state index in [0.29, 0.717) is 5.56 Å². The molecule has 0 heterocycles. The van der Waals surface area contributed by atoms with Gasteiger partial charge in [-0.15, -0.1) is 0 Å². The van der Waals surface area contributed by atoms with Gasteiger partial charge in [0.2, 0.25) is 0 Å². The van der Waals surface area contributed by atoms with Crippen LogP contribution in [-0.2, 0) is 16.1 Å². The van der Waals surface area contributed by atoms with Gasteiger partial charge in [-0.1, -0.05) is 47.5 Å². The molecular weight excluding hydrogens is 356 g/mol. The van der Waals surface area contributed by atoms with E-state index in [0.717, 1.165) is 0 Å². The summed E-state index contributed by atoms with van der Waals surface area (Å²) >= 11 is 11.7. The van der Waals surface area contributed by atoms with Gasteiger partial charge in [0.05, 0.1) is 15.6 Å². The highest BCUT2D eigenvalue weighted by atomic mass is 35.5. The van der Waals surface area contributed by atoms with Gasteiger partial charge in [-0.2, -0.15) is 0 Å². The van der Waals surface area contributed by atoms with E-state index >= 15 is 0 Å². The molecule has 7 heteroatoms. The van der Waals surface area contributed by atoms with Gasteiger partial charge in [-0.25, -0.2) is 9.18 Å². The summed E-state index contributed by atoms with van der Waals surface area (Å²) in [4.78, 5) is 25.2. The number of carbonyl (C=O) groups excluding carboxylic acids is 2. The zero-order valence-corrected chi connectivity index (χ0v) is 14.3. The first kappa shape index (κ1) is 18.2. The molecule has 0 bridgehead atoms. The van der Waals surface area contributed by atoms with Crippen molar-refractivity contribution < 1.29 is 18.7 Å². The van der Waals surface area contributed by atoms with E-state index in [1.54, 1.807) is 24.3 Å². The topological polar surface area (TPSA) is 46.6 Å². The Hall–Kier alpha value is -2.11. The molecule has 0 aromatic heterocycles. The summed E-state index contributed by atoms with van der Waals surface area (Å²) in [5.41, 5.74) is 0.450. The third-order valence-electron chi connectivity index (χ3n) is 3.29. The summed E-state index contributed by atoms with van der Waals surface area (Å²) in [5.74, 6) is -1.63. The predicted molar refractivity (Wildman–Crippen MR) is 89.6 cm³/mol. The van der Waals surface area contributed by atoms with Crippen molar-refractivity contribution in [2.24, 2.45) is 0 Å². The Morgan fingerprint density at radius 1 is 1.12 bits per heavy atom. The third-order valence-corrected chi connectivity index (χ3v) is 4.11. The van der Waals surface area contributed by atoms with Crippen molar-refractivity contribution in [1.29, 1.82) is 0 Å². The fraction of sp³-hybridized carbons (Fsp3) is 0.176. The molecule has 0 aliphatic carbocycles. The molecule has 2 rings (SSSR count). The second-order valence-corrected chi connectivity index (χ2v) is 5.80. The summed E-state index contributed by atoms with van der Waals surface area (Å²) in [6.45, 7) is -0.409. The van der Waals surface area contributed by atoms with Crippen LogP contribution in [0.1, 0.15) is 15.9 Å². The molecule has 0 spiro atoms. The normalized spacial score (nSPS) is 10.3. The van der Waals surface area contributed by atoms with Crippen LogP contribution in [-0.4, -0.2) is 30.4 Å². The van der Waals surface area contributed by atoms with Crippen LogP contribution in [0.15, 0.2) is 42.5 Å². The molecule has 0 aliphatic rings. The monoisotopic (exact) mass is 369 g/mol. The molecule has 1 amide bonds. The van der Waals surface area contributed by atoms with Gasteiger partial charge in [0, 0.05) is 19.2 Å². The highest BCUT2D eigenvalue weighted by molar-refractivity contribution is 6.43. The summed E-state index contributed by atoms with van der Waals surface area (Å²) in [7, 11) is 1.50. The summed E-state index contributed by atoms with van der Waals surface area (Å²) in [6, 6.07) is 10.7. The smallest absolute Gasteiger partial charge is 0.340 e. The molecular formula is C17H14Cl2FNO3. The van der Waals surface area contributed by atoms with E-state index in [4.69, 9.17) is 27.9 Å². The van der Waals surface area contributed by atoms with Crippen molar-refractivity contribution in [1.82, 2.24) is 4.90 Å². The number of ether oxygens (including phenoxy) is 1. The predicted octanol–water partition coefficient (Wildman–Crippen LogP) is 3.95. The molecule has 4 nitrogen and oxygen atoms in total. The number of benzene rings is 2. The average molecular weight is 370 g/mol. The Balaban J connectivity index is 1.94. The Morgan fingerprint density at radius 2 is 1.83 bits per heavy atom. The number of rotatable bonds is 5. The highest BCUT2D eigenvalue weighted by Gasteiger charge is 2.17. The van der Waals surface area contributed by atoms with E-state index in [1.807, 2.05) is 0 Å². The molecule has 126 valence electrons. The lowest BCUT2D eigenvalue weighted by atomic mass is 10.2. The molecule has 0 unspecified atom stereocenters. The summed E-state index contributed by atoms with van der Waals surface area (Å²) in [5, 5.41) is 0.283. The standard InChI is InChI=1S/C17H14Cl2FNO3/c1-21(9-11-5-2-3-8-14(11)20)15(22)10-24-17(23)12-6-4-7-13(18)16(12)19/h2-8H,9-10H2,1H3. The number of amides is 1. The lowest BCUT2D eigenvalue weighted by Crippen LogP contribution is -2.31. The fourth-order valence-corrected chi connectivity index (χ4v) is 2.32. The van der Waals surface area contributed by atoms with Gasteiger partial charge in [-0.3, -0.25) is 4.79 Å². The van der Waals surface area contributed by atoms with Crippen molar-refractivity contribution in [3.63, 3.8) is 0 Å². The quantitative estimate of drug-likeness (QED) is 0.749. The maximum absolute atomic E-state index is 13.6. The van der Waals surface area contributed by atoms with Gasteiger partial charge >= 0.3 is 5.97 Å². The largest absolute Gasteiger partial charge is 0.452 e.